The van der Waals surface area contributed by atoms with Gasteiger partial charge in [0.05, 0.1) is 24.3 Å². The van der Waals surface area contributed by atoms with Crippen molar-refractivity contribution in [3.05, 3.63) is 17.5 Å². The van der Waals surface area contributed by atoms with Gasteiger partial charge >= 0.3 is 18.1 Å². The van der Waals surface area contributed by atoms with Gasteiger partial charge in [-0.2, -0.15) is 18.3 Å². The summed E-state index contributed by atoms with van der Waals surface area (Å²) in [4.78, 5) is 23.2. The number of rotatable bonds is 4. The lowest BCUT2D eigenvalue weighted by atomic mass is 9.69. The fourth-order valence-corrected chi connectivity index (χ4v) is 3.61. The number of carboxylic acid groups (broad SMARTS) is 1. The molecule has 3 atom stereocenters. The van der Waals surface area contributed by atoms with Crippen LogP contribution in [0.4, 0.5) is 13.2 Å². The molecule has 9 heteroatoms. The van der Waals surface area contributed by atoms with E-state index in [9.17, 15) is 22.8 Å². The molecule has 2 rings (SSSR count). The van der Waals surface area contributed by atoms with Crippen molar-refractivity contribution in [3.63, 3.8) is 0 Å². The van der Waals surface area contributed by atoms with Gasteiger partial charge in [0.15, 0.2) is 5.69 Å². The third-order valence-electron chi connectivity index (χ3n) is 4.80. The van der Waals surface area contributed by atoms with Gasteiger partial charge in [-0.15, -0.1) is 0 Å². The molecule has 6 nitrogen and oxygen atoms in total. The van der Waals surface area contributed by atoms with Crippen molar-refractivity contribution >= 4 is 11.9 Å². The summed E-state index contributed by atoms with van der Waals surface area (Å²) in [5.41, 5.74) is -2.87. The molecule has 1 aliphatic rings. The summed E-state index contributed by atoms with van der Waals surface area (Å²) in [5.74, 6) is -2.33. The van der Waals surface area contributed by atoms with E-state index in [1.54, 1.807) is 20.8 Å². The number of halogens is 3. The Morgan fingerprint density at radius 3 is 2.60 bits per heavy atom. The minimum absolute atomic E-state index is 0.242. The summed E-state index contributed by atoms with van der Waals surface area (Å²) in [6, 6.07) is -0.632. The molecular weight excluding hydrogens is 341 g/mol. The first-order chi connectivity index (χ1) is 11.5. The quantitative estimate of drug-likeness (QED) is 0.829. The molecule has 1 saturated carbocycles. The Labute approximate surface area is 143 Å². The van der Waals surface area contributed by atoms with Crippen molar-refractivity contribution in [1.29, 1.82) is 0 Å². The first kappa shape index (κ1) is 19.3. The molecule has 0 saturated heterocycles. The van der Waals surface area contributed by atoms with E-state index in [0.29, 0.717) is 12.8 Å². The Kier molecular flexibility index (Phi) is 5.15. The lowest BCUT2D eigenvalue weighted by Gasteiger charge is -2.40. The zero-order chi connectivity index (χ0) is 19.0. The molecule has 1 N–H and O–H groups in total. The lowest BCUT2D eigenvalue weighted by molar-refractivity contribution is -0.159. The molecule has 1 aromatic heterocycles. The zero-order valence-electron chi connectivity index (χ0n) is 14.3. The van der Waals surface area contributed by atoms with E-state index in [-0.39, 0.29) is 24.9 Å². The van der Waals surface area contributed by atoms with Crippen LogP contribution in [0, 0.1) is 11.3 Å². The van der Waals surface area contributed by atoms with Crippen LogP contribution < -0.4 is 0 Å². The van der Waals surface area contributed by atoms with Gasteiger partial charge < -0.3 is 9.84 Å². The summed E-state index contributed by atoms with van der Waals surface area (Å²) < 4.78 is 45.9. The minimum atomic E-state index is -4.83. The van der Waals surface area contributed by atoms with Crippen LogP contribution in [0.2, 0.25) is 0 Å². The number of hydrogen-bond donors (Lipinski definition) is 1. The van der Waals surface area contributed by atoms with Crippen LogP contribution in [-0.2, 0) is 15.7 Å². The van der Waals surface area contributed by atoms with Gasteiger partial charge in [0, 0.05) is 0 Å². The Bertz CT molecular complexity index is 671. The second-order valence-corrected chi connectivity index (χ2v) is 6.72. The number of carbonyl (C=O) groups is 2. The van der Waals surface area contributed by atoms with Gasteiger partial charge in [-0.3, -0.25) is 9.48 Å². The highest BCUT2D eigenvalue weighted by Crippen LogP contribution is 2.46. The Morgan fingerprint density at radius 2 is 2.12 bits per heavy atom. The highest BCUT2D eigenvalue weighted by atomic mass is 19.4. The Morgan fingerprint density at radius 1 is 1.48 bits per heavy atom. The van der Waals surface area contributed by atoms with Crippen molar-refractivity contribution in [2.75, 3.05) is 6.61 Å². The van der Waals surface area contributed by atoms with Crippen molar-refractivity contribution in [1.82, 2.24) is 9.78 Å². The first-order valence-corrected chi connectivity index (χ1v) is 8.06. The molecule has 140 valence electrons. The molecule has 0 bridgehead atoms. The van der Waals surface area contributed by atoms with Crippen LogP contribution in [0.15, 0.2) is 6.20 Å². The highest BCUT2D eigenvalue weighted by Gasteiger charge is 2.47. The van der Waals surface area contributed by atoms with E-state index >= 15 is 0 Å². The summed E-state index contributed by atoms with van der Waals surface area (Å²) in [5, 5.41) is 12.7. The number of esters is 1. The second kappa shape index (κ2) is 6.68. The largest absolute Gasteiger partial charge is 0.478 e. The van der Waals surface area contributed by atoms with Gasteiger partial charge in [-0.1, -0.05) is 6.92 Å². The number of ether oxygens (including phenoxy) is 1. The summed E-state index contributed by atoms with van der Waals surface area (Å²) in [7, 11) is 0. The average molecular weight is 362 g/mol. The molecule has 1 fully saturated rings. The summed E-state index contributed by atoms with van der Waals surface area (Å²) in [6.45, 7) is 5.42. The van der Waals surface area contributed by atoms with Gasteiger partial charge in [-0.25, -0.2) is 4.79 Å². The average Bonchev–Trinajstić information content (AvgIpc) is 2.92. The molecule has 0 radical (unpaired) electrons. The van der Waals surface area contributed by atoms with Crippen molar-refractivity contribution in [2.45, 2.75) is 52.3 Å². The number of alkyl halides is 3. The van der Waals surface area contributed by atoms with E-state index in [2.05, 4.69) is 5.10 Å². The van der Waals surface area contributed by atoms with E-state index < -0.39 is 34.9 Å². The third kappa shape index (κ3) is 3.64. The summed E-state index contributed by atoms with van der Waals surface area (Å²) in [6.07, 6.45) is -3.13. The molecule has 25 heavy (non-hydrogen) atoms. The molecule has 0 unspecified atom stereocenters. The minimum Gasteiger partial charge on any atom is -0.478 e. The maximum Gasteiger partial charge on any atom is 0.433 e. The SMILES string of the molecule is CCOC(=O)[C@@]1(C)CC[C@H](n2ncc(C(=O)O)c2C(F)(F)F)[C@@H](C)C1. The topological polar surface area (TPSA) is 81.4 Å². The van der Waals surface area contributed by atoms with Crippen LogP contribution in [-0.4, -0.2) is 33.4 Å². The second-order valence-electron chi connectivity index (χ2n) is 6.72. The summed E-state index contributed by atoms with van der Waals surface area (Å²) >= 11 is 0. The van der Waals surface area contributed by atoms with E-state index in [4.69, 9.17) is 9.84 Å². The van der Waals surface area contributed by atoms with Gasteiger partial charge in [0.25, 0.3) is 0 Å². The van der Waals surface area contributed by atoms with Crippen LogP contribution in [0.1, 0.15) is 62.1 Å². The predicted molar refractivity (Wildman–Crippen MR) is 81.0 cm³/mol. The van der Waals surface area contributed by atoms with Crippen LogP contribution in [0.25, 0.3) is 0 Å². The normalized spacial score (nSPS) is 27.1. The van der Waals surface area contributed by atoms with Crippen LogP contribution in [0.5, 0.6) is 0 Å². The standard InChI is InChI=1S/C16H21F3N2O4/c1-4-25-14(24)15(3)6-5-11(9(2)7-15)21-12(16(17,18)19)10(8-20-21)13(22)23/h8-9,11H,4-7H2,1-3H3,(H,22,23)/t9-,11-,15-/m0/s1. The molecule has 0 aliphatic heterocycles. The predicted octanol–water partition coefficient (Wildman–Crippen LogP) is 3.53. The van der Waals surface area contributed by atoms with Crippen molar-refractivity contribution in [2.24, 2.45) is 11.3 Å². The number of hydrogen-bond acceptors (Lipinski definition) is 4. The molecule has 0 aromatic carbocycles. The molecule has 1 heterocycles. The van der Waals surface area contributed by atoms with Gasteiger partial charge in [0.1, 0.15) is 5.56 Å². The first-order valence-electron chi connectivity index (χ1n) is 8.06. The van der Waals surface area contributed by atoms with Crippen LogP contribution in [0.3, 0.4) is 0 Å². The lowest BCUT2D eigenvalue weighted by Crippen LogP contribution is -2.39. The number of aromatic nitrogens is 2. The molecule has 1 aliphatic carbocycles. The number of aromatic carboxylic acids is 1. The van der Waals surface area contributed by atoms with Gasteiger partial charge in [-0.05, 0) is 39.0 Å². The van der Waals surface area contributed by atoms with Crippen molar-refractivity contribution in [3.8, 4) is 0 Å². The number of carboxylic acids is 1. The fourth-order valence-electron chi connectivity index (χ4n) is 3.61. The smallest absolute Gasteiger partial charge is 0.433 e. The van der Waals surface area contributed by atoms with E-state index in [0.717, 1.165) is 10.9 Å². The third-order valence-corrected chi connectivity index (χ3v) is 4.80. The number of nitrogens with zero attached hydrogens (tertiary/aromatic N) is 2. The Balaban J connectivity index is 2.33. The zero-order valence-corrected chi connectivity index (χ0v) is 14.3. The molecular formula is C16H21F3N2O4. The molecule has 0 spiro atoms. The highest BCUT2D eigenvalue weighted by molar-refractivity contribution is 5.88. The fraction of sp³-hybridized carbons (Fsp3) is 0.688. The maximum atomic E-state index is 13.4. The van der Waals surface area contributed by atoms with E-state index in [1.807, 2.05) is 0 Å². The maximum absolute atomic E-state index is 13.4. The Hall–Kier alpha value is -2.06. The monoisotopic (exact) mass is 362 g/mol. The number of carbonyl (C=O) groups excluding carboxylic acids is 1. The van der Waals surface area contributed by atoms with Gasteiger partial charge in [0.2, 0.25) is 0 Å². The van der Waals surface area contributed by atoms with Crippen molar-refractivity contribution < 1.29 is 32.6 Å². The van der Waals surface area contributed by atoms with E-state index in [1.165, 1.54) is 0 Å². The molecule has 1 aromatic rings. The van der Waals surface area contributed by atoms with Crippen LogP contribution >= 0.6 is 0 Å². The molecule has 0 amide bonds.